The number of hydrogen-bond acceptors (Lipinski definition) is 3. The Morgan fingerprint density at radius 2 is 1.94 bits per heavy atom. The van der Waals surface area contributed by atoms with Crippen LogP contribution in [0.25, 0.3) is 0 Å². The number of anilines is 1. The summed E-state index contributed by atoms with van der Waals surface area (Å²) in [7, 11) is 0. The first-order chi connectivity index (χ1) is 8.45. The first kappa shape index (κ1) is 13.8. The zero-order chi connectivity index (χ0) is 13.2. The van der Waals surface area contributed by atoms with E-state index in [1.807, 2.05) is 6.07 Å². The first-order valence-corrected chi connectivity index (χ1v) is 7.53. The van der Waals surface area contributed by atoms with Crippen molar-refractivity contribution in [2.45, 2.75) is 51.9 Å². The van der Waals surface area contributed by atoms with E-state index >= 15 is 0 Å². The van der Waals surface area contributed by atoms with Gasteiger partial charge in [0.05, 0.1) is 0 Å². The summed E-state index contributed by atoms with van der Waals surface area (Å²) in [5.41, 5.74) is -0.0203. The van der Waals surface area contributed by atoms with Crippen LogP contribution in [0.5, 0.6) is 0 Å². The summed E-state index contributed by atoms with van der Waals surface area (Å²) >= 11 is 3.47. The molecule has 100 valence electrons. The number of hydrogen-bond donors (Lipinski definition) is 1. The number of aromatic nitrogens is 2. The van der Waals surface area contributed by atoms with Gasteiger partial charge in [-0.15, -0.1) is 0 Å². The van der Waals surface area contributed by atoms with Crippen molar-refractivity contribution in [1.82, 2.24) is 9.97 Å². The molecule has 1 aromatic heterocycles. The van der Waals surface area contributed by atoms with Crippen molar-refractivity contribution in [2.75, 3.05) is 11.9 Å². The molecule has 0 amide bonds. The molecule has 1 aliphatic carbocycles. The van der Waals surface area contributed by atoms with Gasteiger partial charge in [-0.3, -0.25) is 0 Å². The maximum atomic E-state index is 4.61. The van der Waals surface area contributed by atoms with E-state index in [2.05, 4.69) is 52.0 Å². The fraction of sp³-hybridized carbons (Fsp3) is 0.714. The van der Waals surface area contributed by atoms with Crippen LogP contribution in [-0.2, 0) is 5.41 Å². The van der Waals surface area contributed by atoms with Crippen LogP contribution < -0.4 is 5.32 Å². The van der Waals surface area contributed by atoms with Crippen LogP contribution in [0.4, 0.5) is 5.82 Å². The molecule has 1 aromatic rings. The molecule has 1 heterocycles. The first-order valence-electron chi connectivity index (χ1n) is 6.74. The lowest BCUT2D eigenvalue weighted by atomic mass is 9.96. The maximum absolute atomic E-state index is 4.61. The molecule has 1 N–H and O–H groups in total. The highest BCUT2D eigenvalue weighted by molar-refractivity contribution is 9.10. The molecule has 0 atom stereocenters. The Balaban J connectivity index is 2.05. The van der Waals surface area contributed by atoms with Crippen LogP contribution >= 0.6 is 15.9 Å². The lowest BCUT2D eigenvalue weighted by Gasteiger charge is -2.18. The highest BCUT2D eigenvalue weighted by Gasteiger charge is 2.19. The molecule has 0 spiro atoms. The molecule has 2 rings (SSSR count). The van der Waals surface area contributed by atoms with E-state index in [0.717, 1.165) is 28.7 Å². The molecular formula is C14H22BrN3. The fourth-order valence-corrected chi connectivity index (χ4v) is 2.69. The van der Waals surface area contributed by atoms with Crippen molar-refractivity contribution in [3.63, 3.8) is 0 Å². The summed E-state index contributed by atoms with van der Waals surface area (Å²) in [6.45, 7) is 7.44. The molecule has 0 aromatic carbocycles. The summed E-state index contributed by atoms with van der Waals surface area (Å²) in [6, 6.07) is 1.96. The van der Waals surface area contributed by atoms with Crippen LogP contribution in [0, 0.1) is 5.92 Å². The third kappa shape index (κ3) is 3.67. The predicted molar refractivity (Wildman–Crippen MR) is 78.9 cm³/mol. The Morgan fingerprint density at radius 3 is 2.56 bits per heavy atom. The van der Waals surface area contributed by atoms with Gasteiger partial charge in [-0.2, -0.15) is 0 Å². The van der Waals surface area contributed by atoms with Crippen molar-refractivity contribution >= 4 is 21.7 Å². The molecule has 3 nitrogen and oxygen atoms in total. The third-order valence-corrected chi connectivity index (χ3v) is 3.82. The molecule has 18 heavy (non-hydrogen) atoms. The second kappa shape index (κ2) is 5.55. The van der Waals surface area contributed by atoms with Gasteiger partial charge in [-0.25, -0.2) is 9.97 Å². The number of nitrogens with zero attached hydrogens (tertiary/aromatic N) is 2. The zero-order valence-corrected chi connectivity index (χ0v) is 13.0. The van der Waals surface area contributed by atoms with Gasteiger partial charge in [-0.05, 0) is 34.7 Å². The molecule has 0 aliphatic heterocycles. The van der Waals surface area contributed by atoms with Crippen LogP contribution in [0.15, 0.2) is 10.7 Å². The number of halogens is 1. The van der Waals surface area contributed by atoms with Crippen LogP contribution in [0.2, 0.25) is 0 Å². The normalized spacial score (nSPS) is 17.1. The molecule has 0 saturated heterocycles. The summed E-state index contributed by atoms with van der Waals surface area (Å²) in [5, 5.41) is 3.46. The SMILES string of the molecule is CC(C)(C)c1nc(Br)cc(NCC2CCCC2)n1. The minimum atomic E-state index is -0.0203. The average Bonchev–Trinajstić information content (AvgIpc) is 2.77. The van der Waals surface area contributed by atoms with Crippen LogP contribution in [0.3, 0.4) is 0 Å². The maximum Gasteiger partial charge on any atom is 0.137 e. The summed E-state index contributed by atoms with van der Waals surface area (Å²) in [6.07, 6.45) is 5.47. The summed E-state index contributed by atoms with van der Waals surface area (Å²) < 4.78 is 0.858. The third-order valence-electron chi connectivity index (χ3n) is 3.41. The molecular weight excluding hydrogens is 290 g/mol. The monoisotopic (exact) mass is 311 g/mol. The van der Waals surface area contributed by atoms with E-state index in [1.165, 1.54) is 25.7 Å². The highest BCUT2D eigenvalue weighted by Crippen LogP contribution is 2.26. The molecule has 1 aliphatic rings. The van der Waals surface area contributed by atoms with Gasteiger partial charge in [0.1, 0.15) is 16.2 Å². The Hall–Kier alpha value is -0.640. The Bertz CT molecular complexity index is 406. The quantitative estimate of drug-likeness (QED) is 0.853. The van der Waals surface area contributed by atoms with E-state index in [1.54, 1.807) is 0 Å². The number of nitrogens with one attached hydrogen (secondary N) is 1. The van der Waals surface area contributed by atoms with Gasteiger partial charge in [-0.1, -0.05) is 33.6 Å². The number of rotatable bonds is 3. The zero-order valence-electron chi connectivity index (χ0n) is 11.5. The van der Waals surface area contributed by atoms with Gasteiger partial charge >= 0.3 is 0 Å². The van der Waals surface area contributed by atoms with Gasteiger partial charge in [0.15, 0.2) is 0 Å². The van der Waals surface area contributed by atoms with Crippen molar-refractivity contribution in [2.24, 2.45) is 5.92 Å². The topological polar surface area (TPSA) is 37.8 Å². The second-order valence-corrected chi connectivity index (χ2v) is 6.99. The van der Waals surface area contributed by atoms with Gasteiger partial charge < -0.3 is 5.32 Å². The van der Waals surface area contributed by atoms with Crippen molar-refractivity contribution in [3.8, 4) is 0 Å². The van der Waals surface area contributed by atoms with Gasteiger partial charge in [0.25, 0.3) is 0 Å². The van der Waals surface area contributed by atoms with Crippen molar-refractivity contribution in [3.05, 3.63) is 16.5 Å². The molecule has 0 radical (unpaired) electrons. The summed E-state index contributed by atoms with van der Waals surface area (Å²) in [4.78, 5) is 9.06. The molecule has 1 fully saturated rings. The highest BCUT2D eigenvalue weighted by atomic mass is 79.9. The van der Waals surface area contributed by atoms with Crippen LogP contribution in [0.1, 0.15) is 52.3 Å². The smallest absolute Gasteiger partial charge is 0.137 e. The molecule has 0 bridgehead atoms. The fourth-order valence-electron chi connectivity index (χ4n) is 2.31. The lowest BCUT2D eigenvalue weighted by Crippen LogP contribution is -2.18. The van der Waals surface area contributed by atoms with E-state index in [4.69, 9.17) is 0 Å². The molecule has 4 heteroatoms. The van der Waals surface area contributed by atoms with Gasteiger partial charge in [0.2, 0.25) is 0 Å². The summed E-state index contributed by atoms with van der Waals surface area (Å²) in [5.74, 6) is 2.64. The van der Waals surface area contributed by atoms with E-state index in [-0.39, 0.29) is 5.41 Å². The van der Waals surface area contributed by atoms with Crippen molar-refractivity contribution < 1.29 is 0 Å². The van der Waals surface area contributed by atoms with E-state index in [9.17, 15) is 0 Å². The second-order valence-electron chi connectivity index (χ2n) is 6.18. The minimum absolute atomic E-state index is 0.0203. The largest absolute Gasteiger partial charge is 0.370 e. The predicted octanol–water partition coefficient (Wildman–Crippen LogP) is 4.14. The van der Waals surface area contributed by atoms with Crippen molar-refractivity contribution in [1.29, 1.82) is 0 Å². The molecule has 0 unspecified atom stereocenters. The standard InChI is InChI=1S/C14H22BrN3/c1-14(2,3)13-17-11(15)8-12(18-13)16-9-10-6-4-5-7-10/h8,10H,4-7,9H2,1-3H3,(H,16,17,18). The Morgan fingerprint density at radius 1 is 1.28 bits per heavy atom. The lowest BCUT2D eigenvalue weighted by molar-refractivity contribution is 0.542. The Labute approximate surface area is 118 Å². The Kier molecular flexibility index (Phi) is 4.25. The average molecular weight is 312 g/mol. The van der Waals surface area contributed by atoms with E-state index < -0.39 is 0 Å². The minimum Gasteiger partial charge on any atom is -0.370 e. The van der Waals surface area contributed by atoms with E-state index in [0.29, 0.717) is 0 Å². The van der Waals surface area contributed by atoms with Gasteiger partial charge in [0, 0.05) is 18.0 Å². The van der Waals surface area contributed by atoms with Crippen LogP contribution in [-0.4, -0.2) is 16.5 Å². The molecule has 1 saturated carbocycles.